The molecule has 0 aromatic carbocycles. The van der Waals surface area contributed by atoms with Crippen LogP contribution in [0.25, 0.3) is 0 Å². The number of nitrogens with one attached hydrogen (secondary N) is 2. The van der Waals surface area contributed by atoms with Gasteiger partial charge in [-0.1, -0.05) is 0 Å². The summed E-state index contributed by atoms with van der Waals surface area (Å²) in [6.45, 7) is 9.19. The molecule has 2 N–H and O–H groups in total. The van der Waals surface area contributed by atoms with Gasteiger partial charge in [0.05, 0.1) is 6.10 Å². The van der Waals surface area contributed by atoms with Crippen molar-refractivity contribution in [2.45, 2.75) is 64.6 Å². The van der Waals surface area contributed by atoms with Crippen molar-refractivity contribution in [1.29, 1.82) is 0 Å². The fourth-order valence-corrected chi connectivity index (χ4v) is 2.12. The fourth-order valence-electron chi connectivity index (χ4n) is 2.12. The number of alkyl carbamates (subject to hydrolysis) is 1. The van der Waals surface area contributed by atoms with E-state index in [1.807, 2.05) is 20.8 Å². The van der Waals surface area contributed by atoms with Crippen LogP contribution in [0.4, 0.5) is 4.79 Å². The summed E-state index contributed by atoms with van der Waals surface area (Å²) in [5.74, 6) is 0. The zero-order valence-electron chi connectivity index (χ0n) is 13.2. The maximum atomic E-state index is 11.4. The van der Waals surface area contributed by atoms with Gasteiger partial charge in [-0.2, -0.15) is 0 Å². The van der Waals surface area contributed by atoms with E-state index in [0.717, 1.165) is 39.0 Å². The second-order valence-electron chi connectivity index (χ2n) is 6.33. The Balaban J connectivity index is 1.88. The van der Waals surface area contributed by atoms with E-state index in [2.05, 4.69) is 10.6 Å². The fraction of sp³-hybridized carbons (Fsp3) is 0.933. The Morgan fingerprint density at radius 2 is 2.10 bits per heavy atom. The molecule has 1 unspecified atom stereocenters. The molecule has 1 amide bonds. The van der Waals surface area contributed by atoms with Crippen LogP contribution in [0.3, 0.4) is 0 Å². The maximum Gasteiger partial charge on any atom is 0.407 e. The van der Waals surface area contributed by atoms with E-state index in [4.69, 9.17) is 9.47 Å². The van der Waals surface area contributed by atoms with Crippen molar-refractivity contribution >= 4 is 6.09 Å². The SMILES string of the molecule is CC(C)(C)OC(=O)NCCCCCOC1CCCNC1. The van der Waals surface area contributed by atoms with E-state index in [-0.39, 0.29) is 6.09 Å². The van der Waals surface area contributed by atoms with Crippen molar-refractivity contribution < 1.29 is 14.3 Å². The number of piperidine rings is 1. The van der Waals surface area contributed by atoms with E-state index in [1.54, 1.807) is 0 Å². The van der Waals surface area contributed by atoms with Gasteiger partial charge in [0, 0.05) is 19.7 Å². The highest BCUT2D eigenvalue weighted by Crippen LogP contribution is 2.08. The Morgan fingerprint density at radius 1 is 1.30 bits per heavy atom. The molecule has 1 aliphatic rings. The highest BCUT2D eigenvalue weighted by atomic mass is 16.6. The number of hydrogen-bond donors (Lipinski definition) is 2. The first-order valence-corrected chi connectivity index (χ1v) is 7.76. The molecule has 0 aromatic heterocycles. The topological polar surface area (TPSA) is 59.6 Å². The van der Waals surface area contributed by atoms with Gasteiger partial charge in [0.15, 0.2) is 0 Å². The third-order valence-electron chi connectivity index (χ3n) is 3.09. The molecule has 0 bridgehead atoms. The maximum absolute atomic E-state index is 11.4. The number of carbonyl (C=O) groups is 1. The Kier molecular flexibility index (Phi) is 7.92. The van der Waals surface area contributed by atoms with Gasteiger partial charge in [-0.05, 0) is 59.4 Å². The average molecular weight is 286 g/mol. The summed E-state index contributed by atoms with van der Waals surface area (Å²) >= 11 is 0. The van der Waals surface area contributed by atoms with Gasteiger partial charge in [0.2, 0.25) is 0 Å². The number of amides is 1. The quantitative estimate of drug-likeness (QED) is 0.706. The Bertz CT molecular complexity index is 271. The summed E-state index contributed by atoms with van der Waals surface area (Å²) in [6.07, 6.45) is 5.52. The van der Waals surface area contributed by atoms with Crippen LogP contribution >= 0.6 is 0 Å². The molecule has 1 atom stereocenters. The molecule has 1 aliphatic heterocycles. The van der Waals surface area contributed by atoms with Crippen LogP contribution in [-0.2, 0) is 9.47 Å². The van der Waals surface area contributed by atoms with Crippen LogP contribution in [0, 0.1) is 0 Å². The van der Waals surface area contributed by atoms with E-state index in [0.29, 0.717) is 12.6 Å². The van der Waals surface area contributed by atoms with Crippen molar-refractivity contribution in [3.8, 4) is 0 Å². The second kappa shape index (κ2) is 9.19. The first-order chi connectivity index (χ1) is 9.47. The Morgan fingerprint density at radius 3 is 2.75 bits per heavy atom. The van der Waals surface area contributed by atoms with E-state index in [1.165, 1.54) is 12.8 Å². The summed E-state index contributed by atoms with van der Waals surface area (Å²) in [5, 5.41) is 6.11. The lowest BCUT2D eigenvalue weighted by Gasteiger charge is -2.23. The molecular weight excluding hydrogens is 256 g/mol. The lowest BCUT2D eigenvalue weighted by molar-refractivity contribution is 0.0347. The standard InChI is InChI=1S/C15H30N2O3/c1-15(2,3)20-14(18)17-10-5-4-6-11-19-13-8-7-9-16-12-13/h13,16H,4-12H2,1-3H3,(H,17,18). The van der Waals surface area contributed by atoms with Crippen molar-refractivity contribution in [2.75, 3.05) is 26.2 Å². The molecule has 1 rings (SSSR count). The number of rotatable bonds is 7. The molecule has 0 aromatic rings. The third-order valence-corrected chi connectivity index (χ3v) is 3.09. The van der Waals surface area contributed by atoms with E-state index in [9.17, 15) is 4.79 Å². The van der Waals surface area contributed by atoms with E-state index >= 15 is 0 Å². The van der Waals surface area contributed by atoms with E-state index < -0.39 is 5.60 Å². The smallest absolute Gasteiger partial charge is 0.407 e. The van der Waals surface area contributed by atoms with Crippen LogP contribution in [0.2, 0.25) is 0 Å². The molecule has 0 aliphatic carbocycles. The minimum absolute atomic E-state index is 0.331. The van der Waals surface area contributed by atoms with Gasteiger partial charge in [-0.15, -0.1) is 0 Å². The predicted octanol–water partition coefficient (Wildman–Crippen LogP) is 2.45. The monoisotopic (exact) mass is 286 g/mol. The molecule has 5 heteroatoms. The first kappa shape index (κ1) is 17.2. The third kappa shape index (κ3) is 9.15. The van der Waals surface area contributed by atoms with Gasteiger partial charge >= 0.3 is 6.09 Å². The zero-order chi connectivity index (χ0) is 14.8. The van der Waals surface area contributed by atoms with Crippen LogP contribution in [0.1, 0.15) is 52.9 Å². The number of carbonyl (C=O) groups excluding carboxylic acids is 1. The number of ether oxygens (including phenoxy) is 2. The molecule has 5 nitrogen and oxygen atoms in total. The summed E-state index contributed by atoms with van der Waals surface area (Å²) in [6, 6.07) is 0. The zero-order valence-corrected chi connectivity index (χ0v) is 13.2. The first-order valence-electron chi connectivity index (χ1n) is 7.76. The molecule has 0 spiro atoms. The Labute approximate surface area is 122 Å². The van der Waals surface area contributed by atoms with Crippen LogP contribution in [-0.4, -0.2) is 44.0 Å². The molecule has 1 saturated heterocycles. The Hall–Kier alpha value is -0.810. The molecule has 0 radical (unpaired) electrons. The normalized spacial score (nSPS) is 19.6. The van der Waals surface area contributed by atoms with Crippen LogP contribution < -0.4 is 10.6 Å². The van der Waals surface area contributed by atoms with Gasteiger partial charge in [0.1, 0.15) is 5.60 Å². The van der Waals surface area contributed by atoms with Gasteiger partial charge in [0.25, 0.3) is 0 Å². The summed E-state index contributed by atoms with van der Waals surface area (Å²) in [4.78, 5) is 11.4. The summed E-state index contributed by atoms with van der Waals surface area (Å²) < 4.78 is 11.0. The van der Waals surface area contributed by atoms with Crippen molar-refractivity contribution in [2.24, 2.45) is 0 Å². The predicted molar refractivity (Wildman–Crippen MR) is 79.9 cm³/mol. The average Bonchev–Trinajstić information content (AvgIpc) is 2.37. The molecule has 0 saturated carbocycles. The molecule has 1 heterocycles. The molecule has 20 heavy (non-hydrogen) atoms. The molecule has 118 valence electrons. The lowest BCUT2D eigenvalue weighted by Crippen LogP contribution is -2.35. The minimum Gasteiger partial charge on any atom is -0.444 e. The highest BCUT2D eigenvalue weighted by molar-refractivity contribution is 5.67. The highest BCUT2D eigenvalue weighted by Gasteiger charge is 2.15. The van der Waals surface area contributed by atoms with Crippen LogP contribution in [0.15, 0.2) is 0 Å². The van der Waals surface area contributed by atoms with Gasteiger partial charge in [-0.25, -0.2) is 4.79 Å². The number of unbranched alkanes of at least 4 members (excludes halogenated alkanes) is 2. The molecule has 1 fully saturated rings. The second-order valence-corrected chi connectivity index (χ2v) is 6.33. The summed E-state index contributed by atoms with van der Waals surface area (Å²) in [7, 11) is 0. The van der Waals surface area contributed by atoms with Crippen LogP contribution in [0.5, 0.6) is 0 Å². The van der Waals surface area contributed by atoms with Crippen molar-refractivity contribution in [3.63, 3.8) is 0 Å². The lowest BCUT2D eigenvalue weighted by atomic mass is 10.1. The largest absolute Gasteiger partial charge is 0.444 e. The van der Waals surface area contributed by atoms with Crippen molar-refractivity contribution in [1.82, 2.24) is 10.6 Å². The van der Waals surface area contributed by atoms with Gasteiger partial charge in [-0.3, -0.25) is 0 Å². The summed E-state index contributed by atoms with van der Waals surface area (Å²) in [5.41, 5.74) is -0.425. The minimum atomic E-state index is -0.425. The van der Waals surface area contributed by atoms with Crippen molar-refractivity contribution in [3.05, 3.63) is 0 Å². The van der Waals surface area contributed by atoms with Gasteiger partial charge < -0.3 is 20.1 Å². The molecular formula is C15H30N2O3. The number of hydrogen-bond acceptors (Lipinski definition) is 4.